The van der Waals surface area contributed by atoms with E-state index in [9.17, 15) is 10.2 Å². The van der Waals surface area contributed by atoms with Crippen LogP contribution in [0.25, 0.3) is 0 Å². The minimum atomic E-state index is -0.213. The zero-order chi connectivity index (χ0) is 12.3. The van der Waals surface area contributed by atoms with E-state index in [1.807, 2.05) is 0 Å². The van der Waals surface area contributed by atoms with E-state index in [1.54, 1.807) is 0 Å². The predicted molar refractivity (Wildman–Crippen MR) is 69.1 cm³/mol. The first kappa shape index (κ1) is 11.7. The number of rotatable bonds is 2. The van der Waals surface area contributed by atoms with E-state index in [4.69, 9.17) is 0 Å². The summed E-state index contributed by atoms with van der Waals surface area (Å²) in [4.78, 5) is 2.52. The molecule has 2 N–H and O–H groups in total. The van der Waals surface area contributed by atoms with Gasteiger partial charge >= 0.3 is 0 Å². The molecule has 2 unspecified atom stereocenters. The standard InChI is InChI=1S/C15H25NO2/c17-9-13-4-14(18)8-16(13)15-5-10-1-11(6-15)3-12(2-10)7-15/h10-14,17-18H,1-9H2. The van der Waals surface area contributed by atoms with Crippen LogP contribution in [0.5, 0.6) is 0 Å². The van der Waals surface area contributed by atoms with Gasteiger partial charge in [0.15, 0.2) is 0 Å². The topological polar surface area (TPSA) is 43.7 Å². The van der Waals surface area contributed by atoms with Crippen molar-refractivity contribution in [3.8, 4) is 0 Å². The fourth-order valence-electron chi connectivity index (χ4n) is 6.06. The number of aliphatic hydroxyl groups is 2. The molecule has 18 heavy (non-hydrogen) atoms. The normalized spacial score (nSPS) is 55.3. The van der Waals surface area contributed by atoms with Crippen LogP contribution >= 0.6 is 0 Å². The van der Waals surface area contributed by atoms with E-state index in [1.165, 1.54) is 38.5 Å². The Bertz CT molecular complexity index is 308. The Morgan fingerprint density at radius 1 is 0.944 bits per heavy atom. The summed E-state index contributed by atoms with van der Waals surface area (Å²) in [5.41, 5.74) is 0.347. The highest BCUT2D eigenvalue weighted by Crippen LogP contribution is 2.58. The van der Waals surface area contributed by atoms with Gasteiger partial charge in [-0.15, -0.1) is 0 Å². The Labute approximate surface area is 109 Å². The number of likely N-dealkylation sites (tertiary alicyclic amines) is 1. The van der Waals surface area contributed by atoms with Gasteiger partial charge in [0.05, 0.1) is 12.7 Å². The van der Waals surface area contributed by atoms with Crippen molar-refractivity contribution in [1.29, 1.82) is 0 Å². The summed E-state index contributed by atoms with van der Waals surface area (Å²) in [7, 11) is 0. The van der Waals surface area contributed by atoms with E-state index in [0.29, 0.717) is 5.54 Å². The average molecular weight is 251 g/mol. The molecule has 0 aromatic heterocycles. The summed E-state index contributed by atoms with van der Waals surface area (Å²) in [6, 6.07) is 0.219. The van der Waals surface area contributed by atoms with Crippen LogP contribution in [0.4, 0.5) is 0 Å². The molecule has 2 atom stereocenters. The highest BCUT2D eigenvalue weighted by Gasteiger charge is 2.56. The number of hydrogen-bond acceptors (Lipinski definition) is 3. The fourth-order valence-corrected chi connectivity index (χ4v) is 6.06. The van der Waals surface area contributed by atoms with Crippen molar-refractivity contribution in [3.05, 3.63) is 0 Å². The highest BCUT2D eigenvalue weighted by atomic mass is 16.3. The maximum absolute atomic E-state index is 9.95. The van der Waals surface area contributed by atoms with E-state index in [0.717, 1.165) is 30.7 Å². The smallest absolute Gasteiger partial charge is 0.0683 e. The van der Waals surface area contributed by atoms with E-state index >= 15 is 0 Å². The molecule has 1 saturated heterocycles. The average Bonchev–Trinajstić information content (AvgIpc) is 2.69. The van der Waals surface area contributed by atoms with Gasteiger partial charge in [-0.05, 0) is 62.7 Å². The quantitative estimate of drug-likeness (QED) is 0.779. The van der Waals surface area contributed by atoms with Gasteiger partial charge in [-0.3, -0.25) is 4.90 Å². The van der Waals surface area contributed by atoms with Gasteiger partial charge in [0, 0.05) is 18.1 Å². The SMILES string of the molecule is OCC1CC(O)CN1C12CC3CC(CC(C3)C1)C2. The van der Waals surface area contributed by atoms with Crippen LogP contribution in [0, 0.1) is 17.8 Å². The first-order valence-corrected chi connectivity index (χ1v) is 7.74. The maximum atomic E-state index is 9.95. The lowest BCUT2D eigenvalue weighted by Crippen LogP contribution is -2.61. The molecule has 1 heterocycles. The van der Waals surface area contributed by atoms with Crippen molar-refractivity contribution in [2.75, 3.05) is 13.2 Å². The van der Waals surface area contributed by atoms with Crippen LogP contribution in [0.15, 0.2) is 0 Å². The Hall–Kier alpha value is -0.120. The summed E-state index contributed by atoms with van der Waals surface area (Å²) in [6.07, 6.45) is 8.94. The zero-order valence-corrected chi connectivity index (χ0v) is 11.1. The predicted octanol–water partition coefficient (Wildman–Crippen LogP) is 1.38. The lowest BCUT2D eigenvalue weighted by Gasteiger charge is -2.61. The summed E-state index contributed by atoms with van der Waals surface area (Å²) >= 11 is 0. The second kappa shape index (κ2) is 3.94. The van der Waals surface area contributed by atoms with Gasteiger partial charge in [-0.25, -0.2) is 0 Å². The minimum absolute atomic E-state index is 0.213. The Morgan fingerprint density at radius 2 is 1.50 bits per heavy atom. The molecular formula is C15H25NO2. The molecule has 0 aromatic carbocycles. The van der Waals surface area contributed by atoms with Gasteiger partial charge < -0.3 is 10.2 Å². The molecule has 4 aliphatic carbocycles. The molecule has 5 rings (SSSR count). The van der Waals surface area contributed by atoms with Crippen molar-refractivity contribution < 1.29 is 10.2 Å². The summed E-state index contributed by atoms with van der Waals surface area (Å²) in [5, 5.41) is 19.6. The Kier molecular flexibility index (Phi) is 2.56. The lowest BCUT2D eigenvalue weighted by molar-refractivity contribution is -0.101. The number of nitrogens with zero attached hydrogens (tertiary/aromatic N) is 1. The molecule has 1 aliphatic heterocycles. The molecule has 0 amide bonds. The second-order valence-corrected chi connectivity index (χ2v) is 7.52. The molecule has 102 valence electrons. The summed E-state index contributed by atoms with van der Waals surface area (Å²) < 4.78 is 0. The molecule has 0 aromatic rings. The van der Waals surface area contributed by atoms with Gasteiger partial charge in [0.2, 0.25) is 0 Å². The van der Waals surface area contributed by atoms with Crippen molar-refractivity contribution >= 4 is 0 Å². The molecule has 4 saturated carbocycles. The zero-order valence-electron chi connectivity index (χ0n) is 11.1. The molecule has 5 fully saturated rings. The van der Waals surface area contributed by atoms with Crippen molar-refractivity contribution in [3.63, 3.8) is 0 Å². The third-order valence-electron chi connectivity index (χ3n) is 6.22. The van der Waals surface area contributed by atoms with E-state index in [-0.39, 0.29) is 18.8 Å². The fraction of sp³-hybridized carbons (Fsp3) is 1.00. The monoisotopic (exact) mass is 251 g/mol. The molecule has 0 radical (unpaired) electrons. The maximum Gasteiger partial charge on any atom is 0.0683 e. The van der Waals surface area contributed by atoms with Crippen LogP contribution < -0.4 is 0 Å². The van der Waals surface area contributed by atoms with E-state index < -0.39 is 0 Å². The molecule has 5 aliphatic rings. The van der Waals surface area contributed by atoms with Crippen molar-refractivity contribution in [2.45, 2.75) is 62.6 Å². The molecule has 0 spiro atoms. The van der Waals surface area contributed by atoms with Crippen molar-refractivity contribution in [2.24, 2.45) is 17.8 Å². The van der Waals surface area contributed by atoms with Crippen molar-refractivity contribution in [1.82, 2.24) is 4.90 Å². The summed E-state index contributed by atoms with van der Waals surface area (Å²) in [6.45, 7) is 1.02. The largest absolute Gasteiger partial charge is 0.395 e. The van der Waals surface area contributed by atoms with Crippen LogP contribution in [0.1, 0.15) is 44.9 Å². The number of aliphatic hydroxyl groups excluding tert-OH is 2. The first-order chi connectivity index (χ1) is 8.68. The Balaban J connectivity index is 1.63. The van der Waals surface area contributed by atoms with E-state index in [2.05, 4.69) is 4.90 Å². The number of hydrogen-bond donors (Lipinski definition) is 2. The van der Waals surface area contributed by atoms with Crippen LogP contribution in [0.2, 0.25) is 0 Å². The van der Waals surface area contributed by atoms with Crippen LogP contribution in [0.3, 0.4) is 0 Å². The molecule has 3 nitrogen and oxygen atoms in total. The van der Waals surface area contributed by atoms with Gasteiger partial charge in [0.1, 0.15) is 0 Å². The third-order valence-corrected chi connectivity index (χ3v) is 6.22. The second-order valence-electron chi connectivity index (χ2n) is 7.52. The van der Waals surface area contributed by atoms with Crippen LogP contribution in [-0.4, -0.2) is 45.9 Å². The lowest BCUT2D eigenvalue weighted by atomic mass is 9.52. The summed E-state index contributed by atoms with van der Waals surface area (Å²) in [5.74, 6) is 2.81. The third kappa shape index (κ3) is 1.60. The van der Waals surface area contributed by atoms with Gasteiger partial charge in [-0.1, -0.05) is 0 Å². The number of β-amino-alcohol motifs (C(OH)–C–C–N with tert-alkyl or cyclic N) is 1. The molecule has 3 heteroatoms. The molecular weight excluding hydrogens is 226 g/mol. The minimum Gasteiger partial charge on any atom is -0.395 e. The highest BCUT2D eigenvalue weighted by molar-refractivity contribution is 5.10. The first-order valence-electron chi connectivity index (χ1n) is 7.74. The van der Waals surface area contributed by atoms with Crippen LogP contribution in [-0.2, 0) is 0 Å². The Morgan fingerprint density at radius 3 is 2.00 bits per heavy atom. The van der Waals surface area contributed by atoms with Gasteiger partial charge in [0.25, 0.3) is 0 Å². The van der Waals surface area contributed by atoms with Gasteiger partial charge in [-0.2, -0.15) is 0 Å². The molecule has 4 bridgehead atoms.